The van der Waals surface area contributed by atoms with Gasteiger partial charge < -0.3 is 5.11 Å². The molecule has 4 saturated carbocycles. The maximum Gasteiger partial charge on any atom is 0.405 e. The first-order valence-electron chi connectivity index (χ1n) is 21.1. The van der Waals surface area contributed by atoms with Crippen LogP contribution in [0.5, 0.6) is 0 Å². The molecule has 11 atom stereocenters. The number of fused-ring (bicyclic) bond motifs is 7. The van der Waals surface area contributed by atoms with Crippen LogP contribution < -0.4 is 5.32 Å². The summed E-state index contributed by atoms with van der Waals surface area (Å²) in [5.74, 6) is 3.32. The molecule has 9 heteroatoms. The van der Waals surface area contributed by atoms with Crippen molar-refractivity contribution in [2.24, 2.45) is 62.6 Å². The van der Waals surface area contributed by atoms with Crippen LogP contribution in [0, 0.1) is 62.6 Å². The van der Waals surface area contributed by atoms with Gasteiger partial charge in [-0.15, -0.1) is 0 Å². The quantitative estimate of drug-likeness (QED) is 0.241. The Morgan fingerprint density at radius 1 is 0.925 bits per heavy atom. The largest absolute Gasteiger partial charge is 0.481 e. The van der Waals surface area contributed by atoms with E-state index in [1.165, 1.54) is 11.1 Å². The molecule has 0 spiro atoms. The monoisotopic (exact) mass is 764 g/mol. The molecule has 6 aliphatic carbocycles. The second kappa shape index (κ2) is 13.8. The minimum absolute atomic E-state index is 0.0571. The van der Waals surface area contributed by atoms with Gasteiger partial charge in [-0.1, -0.05) is 60.6 Å². The van der Waals surface area contributed by atoms with Gasteiger partial charge in [0.05, 0.1) is 5.41 Å². The zero-order valence-corrected chi connectivity index (χ0v) is 34.5. The Kier molecular flexibility index (Phi) is 10.5. The summed E-state index contributed by atoms with van der Waals surface area (Å²) in [6, 6.07) is -1.49. The van der Waals surface area contributed by atoms with Gasteiger partial charge in [0.15, 0.2) is 0 Å². The normalized spacial score (nSPS) is 44.9. The van der Waals surface area contributed by atoms with E-state index in [0.717, 1.165) is 82.4 Å². The van der Waals surface area contributed by atoms with Crippen molar-refractivity contribution in [3.8, 4) is 0 Å². The van der Waals surface area contributed by atoms with Gasteiger partial charge >= 0.3 is 12.1 Å². The molecule has 0 bridgehead atoms. The number of carboxylic acid groups (broad SMARTS) is 1. The van der Waals surface area contributed by atoms with E-state index in [-0.39, 0.29) is 40.5 Å². The van der Waals surface area contributed by atoms with Crippen LogP contribution in [0.25, 0.3) is 0 Å². The molecule has 7 aliphatic rings. The molecule has 300 valence electrons. The molecule has 7 rings (SSSR count). The lowest BCUT2D eigenvalue weighted by Crippen LogP contribution is -2.70. The number of halogens is 4. The molecule has 53 heavy (non-hydrogen) atoms. The van der Waals surface area contributed by atoms with Crippen LogP contribution in [-0.4, -0.2) is 71.5 Å². The summed E-state index contributed by atoms with van der Waals surface area (Å²) < 4.78 is 58.9. The van der Waals surface area contributed by atoms with Crippen LogP contribution in [0.1, 0.15) is 126 Å². The van der Waals surface area contributed by atoms with Crippen LogP contribution >= 0.6 is 11.8 Å². The molecule has 0 amide bonds. The minimum Gasteiger partial charge on any atom is -0.481 e. The van der Waals surface area contributed by atoms with Crippen molar-refractivity contribution >= 4 is 17.7 Å². The van der Waals surface area contributed by atoms with E-state index in [0.29, 0.717) is 42.4 Å². The fourth-order valence-corrected chi connectivity index (χ4v) is 15.9. The fraction of sp³-hybridized carbons (Fsp3) is 0.886. The number of rotatable bonds is 8. The Morgan fingerprint density at radius 3 is 2.25 bits per heavy atom. The van der Waals surface area contributed by atoms with Gasteiger partial charge in [-0.3, -0.25) is 15.0 Å². The van der Waals surface area contributed by atoms with E-state index < -0.39 is 35.8 Å². The number of thioether (sulfide) groups is 1. The van der Waals surface area contributed by atoms with Gasteiger partial charge in [0.25, 0.3) is 0 Å². The average molecular weight is 765 g/mol. The van der Waals surface area contributed by atoms with Crippen LogP contribution in [0.2, 0.25) is 0 Å². The van der Waals surface area contributed by atoms with Crippen molar-refractivity contribution < 1.29 is 27.5 Å². The Labute approximate surface area is 321 Å². The molecule has 1 aliphatic heterocycles. The molecule has 4 nitrogen and oxygen atoms in total. The van der Waals surface area contributed by atoms with Crippen molar-refractivity contribution in [1.82, 2.24) is 10.2 Å². The summed E-state index contributed by atoms with van der Waals surface area (Å²) >= 11 is 1.84. The first kappa shape index (κ1) is 40.1. The van der Waals surface area contributed by atoms with E-state index in [1.807, 2.05) is 22.7 Å². The molecular formula is C44H68F4N2O2S. The number of nitrogens with one attached hydrogen (secondary N) is 1. The highest BCUT2D eigenvalue weighted by Crippen LogP contribution is 2.76. The lowest BCUT2D eigenvalue weighted by molar-refractivity contribution is -0.227. The molecule has 0 radical (unpaired) electrons. The van der Waals surface area contributed by atoms with E-state index >= 15 is 0 Å². The van der Waals surface area contributed by atoms with Gasteiger partial charge in [-0.25, -0.2) is 4.39 Å². The number of nitrogens with zero attached hydrogens (tertiary/aromatic N) is 1. The lowest BCUT2D eigenvalue weighted by Gasteiger charge is -2.72. The number of carbonyl (C=O) groups is 1. The Bertz CT molecular complexity index is 1470. The van der Waals surface area contributed by atoms with Crippen molar-refractivity contribution in [2.75, 3.05) is 37.8 Å². The minimum atomic E-state index is -4.28. The van der Waals surface area contributed by atoms with E-state index in [9.17, 15) is 27.5 Å². The number of hydrogen-bond donors (Lipinski definition) is 2. The lowest BCUT2D eigenvalue weighted by atomic mass is 9.32. The standard InChI is InChI=1S/C44H68F4N2O2S/c1-28(2)30-12-19-43(49-35(44(46,47)48)26-50-22-24-53-25-23-50)21-20-40(6)32(36(30)43)8-9-34-39(5)15-13-31(38(3,4)33(39)14-16-41(34,40)7)29-10-17-42(27-45,18-11-29)37(51)52/h10,13,28,30,32-36,49H,8-9,11-12,14-27H2,1-7H3,(H,51,52)/t30-,32?,33-,34+,35?,36+,39?,40+,41+,42-,43?/m0/s1. The zero-order chi connectivity index (χ0) is 38.4. The molecule has 0 aromatic carbocycles. The van der Waals surface area contributed by atoms with Gasteiger partial charge in [0.1, 0.15) is 12.7 Å². The molecule has 0 aromatic rings. The van der Waals surface area contributed by atoms with Gasteiger partial charge in [0.2, 0.25) is 0 Å². The maximum atomic E-state index is 15.0. The molecule has 0 aromatic heterocycles. The summed E-state index contributed by atoms with van der Waals surface area (Å²) in [4.78, 5) is 14.0. The highest BCUT2D eigenvalue weighted by atomic mass is 32.2. The summed E-state index contributed by atoms with van der Waals surface area (Å²) in [7, 11) is 0. The third-order valence-corrected chi connectivity index (χ3v) is 18.9. The van der Waals surface area contributed by atoms with Crippen LogP contribution in [-0.2, 0) is 4.79 Å². The van der Waals surface area contributed by atoms with Crippen molar-refractivity contribution in [3.05, 3.63) is 23.3 Å². The predicted molar refractivity (Wildman–Crippen MR) is 207 cm³/mol. The smallest absolute Gasteiger partial charge is 0.405 e. The third-order valence-electron chi connectivity index (χ3n) is 18.0. The van der Waals surface area contributed by atoms with E-state index in [1.54, 1.807) is 0 Å². The Morgan fingerprint density at radius 2 is 1.64 bits per heavy atom. The second-order valence-corrected chi connectivity index (χ2v) is 21.9. The molecule has 4 unspecified atom stereocenters. The fourth-order valence-electron chi connectivity index (χ4n) is 14.9. The zero-order valence-electron chi connectivity index (χ0n) is 33.6. The van der Waals surface area contributed by atoms with Crippen LogP contribution in [0.3, 0.4) is 0 Å². The summed E-state index contributed by atoms with van der Waals surface area (Å²) in [5, 5.41) is 13.3. The Hall–Kier alpha value is -1.06. The van der Waals surface area contributed by atoms with Gasteiger partial charge in [-0.05, 0) is 145 Å². The summed E-state index contributed by atoms with van der Waals surface area (Å²) in [5.41, 5.74) is 0.980. The number of allylic oxidation sites excluding steroid dienone is 4. The van der Waals surface area contributed by atoms with Crippen LogP contribution in [0.4, 0.5) is 17.6 Å². The summed E-state index contributed by atoms with van der Waals surface area (Å²) in [6.07, 6.45) is 10.6. The SMILES string of the molecule is CC(C)[C@@H]1CCC2(NC(CN3CCSCC3)C(F)(F)F)CC[C@]3(C)C(CC[C@@H]4C5(C)CC=C(C6=CC[C@](CF)(C(=O)O)CC6)C(C)(C)[C@@H]5CC[C@]43C)[C@@H]12. The highest BCUT2D eigenvalue weighted by Gasteiger charge is 2.71. The number of aliphatic carboxylic acids is 1. The topological polar surface area (TPSA) is 52.6 Å². The summed E-state index contributed by atoms with van der Waals surface area (Å²) in [6.45, 7) is 17.9. The van der Waals surface area contributed by atoms with Crippen molar-refractivity contribution in [1.29, 1.82) is 0 Å². The van der Waals surface area contributed by atoms with Crippen LogP contribution in [0.15, 0.2) is 23.3 Å². The number of alkyl halides is 4. The molecule has 1 saturated heterocycles. The van der Waals surface area contributed by atoms with Crippen molar-refractivity contribution in [2.45, 2.75) is 143 Å². The van der Waals surface area contributed by atoms with Gasteiger partial charge in [-0.2, -0.15) is 24.9 Å². The van der Waals surface area contributed by atoms with E-state index in [4.69, 9.17) is 0 Å². The molecule has 5 fully saturated rings. The van der Waals surface area contributed by atoms with Crippen molar-refractivity contribution in [3.63, 3.8) is 0 Å². The number of hydrogen-bond acceptors (Lipinski definition) is 4. The first-order chi connectivity index (χ1) is 24.8. The predicted octanol–water partition coefficient (Wildman–Crippen LogP) is 10.7. The third kappa shape index (κ3) is 6.23. The molecular weight excluding hydrogens is 697 g/mol. The highest BCUT2D eigenvalue weighted by molar-refractivity contribution is 7.99. The Balaban J connectivity index is 1.18. The maximum absolute atomic E-state index is 15.0. The van der Waals surface area contributed by atoms with Gasteiger partial charge in [0, 0.05) is 36.7 Å². The first-order valence-corrected chi connectivity index (χ1v) is 22.3. The molecule has 1 heterocycles. The van der Waals surface area contributed by atoms with E-state index in [2.05, 4.69) is 59.9 Å². The second-order valence-electron chi connectivity index (χ2n) is 20.6. The number of carboxylic acids is 1. The average Bonchev–Trinajstić information content (AvgIpc) is 3.48. The molecule has 2 N–H and O–H groups in total.